The lowest BCUT2D eigenvalue weighted by Gasteiger charge is -2.28. The summed E-state index contributed by atoms with van der Waals surface area (Å²) in [7, 11) is -2.05. The molecular weight excluding hydrogens is 551 g/mol. The maximum atomic E-state index is 13.0. The average Bonchev–Trinajstić information content (AvgIpc) is 2.97. The topological polar surface area (TPSA) is 30.2 Å². The maximum Gasteiger partial charge on any atom is 0.344 e. The number of halogens is 1. The molecule has 4 heteroatoms. The largest absolute Gasteiger partial charge is 0.422 e. The van der Waals surface area contributed by atoms with Gasteiger partial charge in [-0.15, -0.1) is 0 Å². The molecule has 0 saturated heterocycles. The summed E-state index contributed by atoms with van der Waals surface area (Å²) >= 11 is 3.46. The van der Waals surface area contributed by atoms with Gasteiger partial charge in [-0.2, -0.15) is 0 Å². The molecule has 0 fully saturated rings. The van der Waals surface area contributed by atoms with Crippen molar-refractivity contribution in [2.75, 3.05) is 0 Å². The first-order valence-corrected chi connectivity index (χ1v) is 15.3. The SMILES string of the molecule is O=c1oc2cc(C[P+](c3ccccc3)(c3ccccc3)c3ccccc3)ccc2cc1-c1ccc(Br)cc1. The van der Waals surface area contributed by atoms with Crippen molar-refractivity contribution in [2.45, 2.75) is 6.16 Å². The minimum absolute atomic E-state index is 0.327. The van der Waals surface area contributed by atoms with Gasteiger partial charge in [0, 0.05) is 9.86 Å². The van der Waals surface area contributed by atoms with E-state index in [2.05, 4.69) is 119 Å². The molecule has 0 saturated carbocycles. The fourth-order valence-electron chi connectivity index (χ4n) is 5.13. The van der Waals surface area contributed by atoms with Crippen LogP contribution in [0, 0.1) is 0 Å². The normalized spacial score (nSPS) is 11.5. The predicted octanol–water partition coefficient (Wildman–Crippen LogP) is 7.72. The lowest BCUT2D eigenvalue weighted by atomic mass is 10.1. The molecule has 0 aliphatic carbocycles. The van der Waals surface area contributed by atoms with Gasteiger partial charge in [-0.1, -0.05) is 94.8 Å². The molecule has 2 nitrogen and oxygen atoms in total. The minimum atomic E-state index is -2.05. The molecule has 0 unspecified atom stereocenters. The summed E-state index contributed by atoms with van der Waals surface area (Å²) in [6, 6.07) is 48.4. The van der Waals surface area contributed by atoms with Crippen LogP contribution in [0.2, 0.25) is 0 Å². The first-order valence-electron chi connectivity index (χ1n) is 12.5. The highest BCUT2D eigenvalue weighted by molar-refractivity contribution is 9.10. The van der Waals surface area contributed by atoms with Crippen LogP contribution in [0.25, 0.3) is 22.1 Å². The van der Waals surface area contributed by atoms with E-state index in [1.807, 2.05) is 36.4 Å². The van der Waals surface area contributed by atoms with Gasteiger partial charge in [0.2, 0.25) is 0 Å². The molecule has 0 aliphatic heterocycles. The van der Waals surface area contributed by atoms with Gasteiger partial charge in [0.15, 0.2) is 0 Å². The standard InChI is InChI=1S/C34H25BrO2P/c35-28-20-18-26(19-21-28)32-23-27-17-16-25(22-33(27)37-34(32)36)24-38(29-10-4-1-5-11-29,30-12-6-2-7-13-30)31-14-8-3-9-15-31/h1-23H,24H2/q+1. The van der Waals surface area contributed by atoms with Gasteiger partial charge >= 0.3 is 5.63 Å². The van der Waals surface area contributed by atoms with E-state index in [-0.39, 0.29) is 5.63 Å². The van der Waals surface area contributed by atoms with Crippen molar-refractivity contribution in [2.24, 2.45) is 0 Å². The number of hydrogen-bond acceptors (Lipinski definition) is 2. The third-order valence-corrected chi connectivity index (χ3v) is 11.9. The van der Waals surface area contributed by atoms with Gasteiger partial charge in [0.05, 0.1) is 11.7 Å². The van der Waals surface area contributed by atoms with Crippen molar-refractivity contribution in [1.82, 2.24) is 0 Å². The van der Waals surface area contributed by atoms with Crippen molar-refractivity contribution in [3.8, 4) is 11.1 Å². The fraction of sp³-hybridized carbons (Fsp3) is 0.0294. The molecule has 5 aromatic carbocycles. The van der Waals surface area contributed by atoms with Crippen LogP contribution in [0.1, 0.15) is 5.56 Å². The summed E-state index contributed by atoms with van der Waals surface area (Å²) in [6.45, 7) is 0. The predicted molar refractivity (Wildman–Crippen MR) is 164 cm³/mol. The Labute approximate surface area is 231 Å². The zero-order valence-corrected chi connectivity index (χ0v) is 23.1. The Hall–Kier alpha value is -3.78. The summed E-state index contributed by atoms with van der Waals surface area (Å²) in [5.74, 6) is 0. The van der Waals surface area contributed by atoms with Crippen LogP contribution >= 0.6 is 23.2 Å². The molecule has 6 aromatic rings. The third kappa shape index (κ3) is 4.65. The van der Waals surface area contributed by atoms with Crippen molar-refractivity contribution in [1.29, 1.82) is 0 Å². The quantitative estimate of drug-likeness (QED) is 0.150. The molecule has 0 atom stereocenters. The highest BCUT2D eigenvalue weighted by Crippen LogP contribution is 2.58. The van der Waals surface area contributed by atoms with Gasteiger partial charge < -0.3 is 4.42 Å². The van der Waals surface area contributed by atoms with E-state index in [1.165, 1.54) is 15.9 Å². The number of hydrogen-bond donors (Lipinski definition) is 0. The van der Waals surface area contributed by atoms with E-state index in [4.69, 9.17) is 4.42 Å². The van der Waals surface area contributed by atoms with E-state index in [1.54, 1.807) is 0 Å². The number of benzene rings is 5. The molecule has 38 heavy (non-hydrogen) atoms. The zero-order valence-electron chi connectivity index (χ0n) is 20.6. The van der Waals surface area contributed by atoms with Gasteiger partial charge in [-0.05, 0) is 71.8 Å². The minimum Gasteiger partial charge on any atom is -0.422 e. The van der Waals surface area contributed by atoms with E-state index in [0.717, 1.165) is 27.1 Å². The smallest absolute Gasteiger partial charge is 0.344 e. The van der Waals surface area contributed by atoms with Gasteiger partial charge in [-0.3, -0.25) is 0 Å². The molecule has 0 amide bonds. The summed E-state index contributed by atoms with van der Waals surface area (Å²) in [5, 5.41) is 4.88. The first-order chi connectivity index (χ1) is 18.6. The van der Waals surface area contributed by atoms with E-state index >= 15 is 0 Å². The molecular formula is C34H25BrO2P+. The Morgan fingerprint density at radius 3 is 1.66 bits per heavy atom. The Bertz CT molecular complexity index is 1650. The van der Waals surface area contributed by atoms with Crippen LogP contribution in [-0.2, 0) is 6.16 Å². The summed E-state index contributed by atoms with van der Waals surface area (Å²) in [4.78, 5) is 13.0. The average molecular weight is 576 g/mol. The van der Waals surface area contributed by atoms with Crippen molar-refractivity contribution in [3.05, 3.63) is 160 Å². The number of rotatable bonds is 6. The molecule has 0 radical (unpaired) electrons. The third-order valence-electron chi connectivity index (χ3n) is 6.97. The first kappa shape index (κ1) is 24.6. The molecule has 1 heterocycles. The fourth-order valence-corrected chi connectivity index (χ4v) is 9.62. The van der Waals surface area contributed by atoms with E-state index in [0.29, 0.717) is 11.1 Å². The summed E-state index contributed by atoms with van der Waals surface area (Å²) in [6.07, 6.45) is 0.819. The van der Waals surface area contributed by atoms with Gasteiger partial charge in [0.25, 0.3) is 0 Å². The van der Waals surface area contributed by atoms with E-state index < -0.39 is 7.26 Å². The molecule has 0 aliphatic rings. The Morgan fingerprint density at radius 2 is 1.13 bits per heavy atom. The Morgan fingerprint density at radius 1 is 0.605 bits per heavy atom. The van der Waals surface area contributed by atoms with Crippen molar-refractivity contribution >= 4 is 50.1 Å². The van der Waals surface area contributed by atoms with Crippen LogP contribution in [0.5, 0.6) is 0 Å². The zero-order chi connectivity index (χ0) is 26.0. The van der Waals surface area contributed by atoms with Gasteiger partial charge in [-0.25, -0.2) is 4.79 Å². The lowest BCUT2D eigenvalue weighted by Crippen LogP contribution is -2.32. The summed E-state index contributed by atoms with van der Waals surface area (Å²) < 4.78 is 6.87. The molecule has 0 N–H and O–H groups in total. The van der Waals surface area contributed by atoms with E-state index in [9.17, 15) is 4.79 Å². The van der Waals surface area contributed by atoms with Crippen molar-refractivity contribution in [3.63, 3.8) is 0 Å². The summed E-state index contributed by atoms with van der Waals surface area (Å²) in [5.41, 5.74) is 2.84. The molecule has 184 valence electrons. The number of fused-ring (bicyclic) bond motifs is 1. The monoisotopic (exact) mass is 575 g/mol. The van der Waals surface area contributed by atoms with Gasteiger partial charge in [0.1, 0.15) is 28.8 Å². The highest BCUT2D eigenvalue weighted by Gasteiger charge is 2.45. The Balaban J connectivity index is 1.50. The van der Waals surface area contributed by atoms with Crippen molar-refractivity contribution < 1.29 is 4.42 Å². The second-order valence-corrected chi connectivity index (χ2v) is 13.7. The highest BCUT2D eigenvalue weighted by atomic mass is 79.9. The van der Waals surface area contributed by atoms with Crippen LogP contribution in [0.3, 0.4) is 0 Å². The van der Waals surface area contributed by atoms with Crippen LogP contribution in [0.4, 0.5) is 0 Å². The molecule has 0 bridgehead atoms. The van der Waals surface area contributed by atoms with Crippen LogP contribution < -0.4 is 21.5 Å². The van der Waals surface area contributed by atoms with Crippen LogP contribution in [-0.4, -0.2) is 0 Å². The maximum absolute atomic E-state index is 13.0. The molecule has 6 rings (SSSR count). The second-order valence-electron chi connectivity index (χ2n) is 9.30. The lowest BCUT2D eigenvalue weighted by molar-refractivity contribution is 0.563. The second kappa shape index (κ2) is 10.5. The molecule has 0 spiro atoms. The molecule has 1 aromatic heterocycles. The Kier molecular flexibility index (Phi) is 6.81. The van der Waals surface area contributed by atoms with Crippen LogP contribution in [0.15, 0.2) is 153 Å².